The molecule has 0 saturated carbocycles. The monoisotopic (exact) mass is 268 g/mol. The van der Waals surface area contributed by atoms with Gasteiger partial charge < -0.3 is 5.32 Å². The predicted octanol–water partition coefficient (Wildman–Crippen LogP) is 4.99. The highest BCUT2D eigenvalue weighted by Gasteiger charge is 1.99. The lowest BCUT2D eigenvalue weighted by Gasteiger charge is -2.07. The Labute approximate surface area is 117 Å². The molecular weight excluding hydrogens is 252 g/mol. The van der Waals surface area contributed by atoms with Crippen molar-refractivity contribution in [3.63, 3.8) is 0 Å². The summed E-state index contributed by atoms with van der Waals surface area (Å²) >= 11 is 1.67. The van der Waals surface area contributed by atoms with Crippen LogP contribution in [0.2, 0.25) is 0 Å². The van der Waals surface area contributed by atoms with E-state index in [1.807, 2.05) is 5.51 Å². The third-order valence-electron chi connectivity index (χ3n) is 3.11. The van der Waals surface area contributed by atoms with Crippen LogP contribution in [0.3, 0.4) is 0 Å². The first kappa shape index (κ1) is 12.2. The fourth-order valence-corrected chi connectivity index (χ4v) is 2.86. The van der Waals surface area contributed by atoms with Crippen molar-refractivity contribution in [2.75, 3.05) is 5.32 Å². The second kappa shape index (κ2) is 5.41. The fourth-order valence-electron chi connectivity index (χ4n) is 2.14. The van der Waals surface area contributed by atoms with Gasteiger partial charge in [0.15, 0.2) is 0 Å². The number of anilines is 2. The van der Waals surface area contributed by atoms with E-state index in [0.717, 1.165) is 23.3 Å². The maximum Gasteiger partial charge on any atom is 0.0813 e. The van der Waals surface area contributed by atoms with Gasteiger partial charge in [-0.3, -0.25) is 0 Å². The summed E-state index contributed by atoms with van der Waals surface area (Å²) in [6.07, 6.45) is 2.34. The highest BCUT2D eigenvalue weighted by Crippen LogP contribution is 2.24. The van der Waals surface area contributed by atoms with Gasteiger partial charge in [-0.05, 0) is 42.3 Å². The van der Waals surface area contributed by atoms with Gasteiger partial charge in [-0.25, -0.2) is 4.98 Å². The topological polar surface area (TPSA) is 24.9 Å². The maximum absolute atomic E-state index is 4.29. The van der Waals surface area contributed by atoms with Gasteiger partial charge in [0.1, 0.15) is 0 Å². The van der Waals surface area contributed by atoms with Crippen molar-refractivity contribution in [2.45, 2.75) is 19.8 Å². The number of rotatable bonds is 4. The van der Waals surface area contributed by atoms with E-state index < -0.39 is 0 Å². The molecule has 0 aliphatic heterocycles. The molecule has 0 unspecified atom stereocenters. The zero-order valence-electron chi connectivity index (χ0n) is 10.9. The average molecular weight is 268 g/mol. The van der Waals surface area contributed by atoms with E-state index in [1.165, 1.54) is 16.7 Å². The third-order valence-corrected chi connectivity index (χ3v) is 3.90. The van der Waals surface area contributed by atoms with Gasteiger partial charge in [-0.1, -0.05) is 25.5 Å². The Balaban J connectivity index is 1.79. The van der Waals surface area contributed by atoms with Crippen LogP contribution in [0.1, 0.15) is 18.9 Å². The minimum absolute atomic E-state index is 1.06. The molecule has 3 heteroatoms. The van der Waals surface area contributed by atoms with Crippen LogP contribution < -0.4 is 5.32 Å². The van der Waals surface area contributed by atoms with E-state index in [1.54, 1.807) is 11.3 Å². The standard InChI is InChI=1S/C16H16N2S/c1-2-3-12-4-6-13(7-5-12)18-14-8-9-15-16(10-14)19-11-17-15/h4-11,18H,2-3H2,1H3. The van der Waals surface area contributed by atoms with Crippen molar-refractivity contribution >= 4 is 32.9 Å². The van der Waals surface area contributed by atoms with E-state index in [4.69, 9.17) is 0 Å². The summed E-state index contributed by atoms with van der Waals surface area (Å²) in [5, 5.41) is 3.43. The smallest absolute Gasteiger partial charge is 0.0813 e. The molecule has 19 heavy (non-hydrogen) atoms. The lowest BCUT2D eigenvalue weighted by Crippen LogP contribution is -1.90. The summed E-state index contributed by atoms with van der Waals surface area (Å²) in [6, 6.07) is 14.9. The number of aromatic nitrogens is 1. The number of benzene rings is 2. The van der Waals surface area contributed by atoms with Crippen LogP contribution in [-0.4, -0.2) is 4.98 Å². The Morgan fingerprint density at radius 1 is 1.05 bits per heavy atom. The predicted molar refractivity (Wildman–Crippen MR) is 83.3 cm³/mol. The van der Waals surface area contributed by atoms with Crippen LogP contribution in [-0.2, 0) is 6.42 Å². The first-order chi connectivity index (χ1) is 9.35. The second-order valence-corrected chi connectivity index (χ2v) is 5.49. The highest BCUT2D eigenvalue weighted by molar-refractivity contribution is 7.16. The van der Waals surface area contributed by atoms with E-state index >= 15 is 0 Å². The molecule has 0 spiro atoms. The Kier molecular flexibility index (Phi) is 3.47. The largest absolute Gasteiger partial charge is 0.355 e. The number of hydrogen-bond acceptors (Lipinski definition) is 3. The molecule has 0 aliphatic carbocycles. The number of hydrogen-bond donors (Lipinski definition) is 1. The summed E-state index contributed by atoms with van der Waals surface area (Å²) in [6.45, 7) is 2.20. The maximum atomic E-state index is 4.29. The molecule has 0 fully saturated rings. The Bertz CT molecular complexity index is 671. The minimum Gasteiger partial charge on any atom is -0.355 e. The van der Waals surface area contributed by atoms with Gasteiger partial charge in [0.25, 0.3) is 0 Å². The number of nitrogens with one attached hydrogen (secondary N) is 1. The van der Waals surface area contributed by atoms with Crippen LogP contribution in [0.5, 0.6) is 0 Å². The first-order valence-corrected chi connectivity index (χ1v) is 7.42. The highest BCUT2D eigenvalue weighted by atomic mass is 32.1. The number of aryl methyl sites for hydroxylation is 1. The molecule has 0 amide bonds. The molecule has 0 bridgehead atoms. The van der Waals surface area contributed by atoms with Crippen molar-refractivity contribution < 1.29 is 0 Å². The molecule has 0 saturated heterocycles. The molecule has 96 valence electrons. The minimum atomic E-state index is 1.06. The van der Waals surface area contributed by atoms with E-state index in [9.17, 15) is 0 Å². The molecule has 0 aliphatic rings. The second-order valence-electron chi connectivity index (χ2n) is 4.61. The van der Waals surface area contributed by atoms with Gasteiger partial charge in [0, 0.05) is 11.4 Å². The molecule has 0 atom stereocenters. The molecule has 3 aromatic rings. The van der Waals surface area contributed by atoms with Crippen LogP contribution >= 0.6 is 11.3 Å². The average Bonchev–Trinajstić information content (AvgIpc) is 2.89. The lowest BCUT2D eigenvalue weighted by atomic mass is 10.1. The summed E-state index contributed by atoms with van der Waals surface area (Å²) in [5.74, 6) is 0. The van der Waals surface area contributed by atoms with Crippen LogP contribution in [0.4, 0.5) is 11.4 Å². The molecule has 2 aromatic carbocycles. The Morgan fingerprint density at radius 3 is 2.63 bits per heavy atom. The Morgan fingerprint density at radius 2 is 1.84 bits per heavy atom. The zero-order valence-corrected chi connectivity index (χ0v) is 11.7. The normalized spacial score (nSPS) is 10.8. The molecule has 2 nitrogen and oxygen atoms in total. The van der Waals surface area contributed by atoms with Crippen molar-refractivity contribution in [2.24, 2.45) is 0 Å². The summed E-state index contributed by atoms with van der Waals surface area (Å²) in [4.78, 5) is 4.29. The lowest BCUT2D eigenvalue weighted by molar-refractivity contribution is 0.922. The van der Waals surface area contributed by atoms with Gasteiger partial charge >= 0.3 is 0 Å². The zero-order chi connectivity index (χ0) is 13.1. The van der Waals surface area contributed by atoms with Crippen LogP contribution in [0.15, 0.2) is 48.0 Å². The number of nitrogens with zero attached hydrogens (tertiary/aromatic N) is 1. The van der Waals surface area contributed by atoms with Gasteiger partial charge in [-0.2, -0.15) is 0 Å². The third kappa shape index (κ3) is 2.76. The SMILES string of the molecule is CCCc1ccc(Nc2ccc3ncsc3c2)cc1. The van der Waals surface area contributed by atoms with Gasteiger partial charge in [0.05, 0.1) is 15.7 Å². The molecular formula is C16H16N2S. The fraction of sp³-hybridized carbons (Fsp3) is 0.188. The van der Waals surface area contributed by atoms with E-state index in [-0.39, 0.29) is 0 Å². The van der Waals surface area contributed by atoms with Gasteiger partial charge in [0.2, 0.25) is 0 Å². The Hall–Kier alpha value is -1.87. The van der Waals surface area contributed by atoms with Crippen molar-refractivity contribution in [1.82, 2.24) is 4.98 Å². The quantitative estimate of drug-likeness (QED) is 0.721. The molecule has 1 heterocycles. The van der Waals surface area contributed by atoms with Crippen molar-refractivity contribution in [3.8, 4) is 0 Å². The molecule has 3 rings (SSSR count). The number of thiazole rings is 1. The van der Waals surface area contributed by atoms with Crippen molar-refractivity contribution in [1.29, 1.82) is 0 Å². The molecule has 1 N–H and O–H groups in total. The molecule has 0 radical (unpaired) electrons. The van der Waals surface area contributed by atoms with E-state index in [0.29, 0.717) is 0 Å². The summed E-state index contributed by atoms with van der Waals surface area (Å²) in [7, 11) is 0. The first-order valence-electron chi connectivity index (χ1n) is 6.54. The van der Waals surface area contributed by atoms with Crippen LogP contribution in [0, 0.1) is 0 Å². The van der Waals surface area contributed by atoms with Crippen LogP contribution in [0.25, 0.3) is 10.2 Å². The van der Waals surface area contributed by atoms with Gasteiger partial charge in [-0.15, -0.1) is 11.3 Å². The van der Waals surface area contributed by atoms with Crippen molar-refractivity contribution in [3.05, 3.63) is 53.5 Å². The summed E-state index contributed by atoms with van der Waals surface area (Å²) in [5.41, 5.74) is 6.58. The van der Waals surface area contributed by atoms with E-state index in [2.05, 4.69) is 59.7 Å². The molecule has 1 aromatic heterocycles. The number of fused-ring (bicyclic) bond motifs is 1. The summed E-state index contributed by atoms with van der Waals surface area (Å²) < 4.78 is 1.22.